The van der Waals surface area contributed by atoms with E-state index in [4.69, 9.17) is 0 Å². The van der Waals surface area contributed by atoms with Crippen LogP contribution in [0, 0.1) is 6.92 Å². The summed E-state index contributed by atoms with van der Waals surface area (Å²) in [5, 5.41) is 9.08. The number of nitrogens with zero attached hydrogens (tertiary/aromatic N) is 2. The molecule has 0 spiro atoms. The maximum atomic E-state index is 11.5. The highest BCUT2D eigenvalue weighted by molar-refractivity contribution is 5.98. The zero-order chi connectivity index (χ0) is 11.5. The third kappa shape index (κ3) is 1.79. The minimum Gasteiger partial charge on any atom is -0.354 e. The first kappa shape index (κ1) is 10.4. The molecule has 5 heteroatoms. The maximum absolute atomic E-state index is 11.5. The molecule has 2 rings (SSSR count). The van der Waals surface area contributed by atoms with E-state index in [0.29, 0.717) is 11.3 Å². The second kappa shape index (κ2) is 4.14. The van der Waals surface area contributed by atoms with E-state index in [1.165, 1.54) is 0 Å². The topological polar surface area (TPSA) is 70.7 Å². The maximum Gasteiger partial charge on any atom is 0.269 e. The number of carbonyl (C=O) groups excluding carboxylic acids is 1. The molecule has 0 radical (unpaired) electrons. The first-order valence-electron chi connectivity index (χ1n) is 4.91. The standard InChI is InChI=1S/C11H12N4O/c1-7-3-4-9(13-5-7)8-6-14-15-10(8)11(16)12-2/h3-6H,1-2H3,(H,12,16)(H,14,15). The van der Waals surface area contributed by atoms with Gasteiger partial charge >= 0.3 is 0 Å². The van der Waals surface area contributed by atoms with Gasteiger partial charge in [0.2, 0.25) is 0 Å². The minimum absolute atomic E-state index is 0.199. The number of amides is 1. The quantitative estimate of drug-likeness (QED) is 0.790. The molecule has 2 aromatic rings. The molecule has 5 nitrogen and oxygen atoms in total. The van der Waals surface area contributed by atoms with Gasteiger partial charge in [-0.25, -0.2) is 0 Å². The molecule has 1 amide bonds. The fourth-order valence-electron chi connectivity index (χ4n) is 1.41. The Bertz CT molecular complexity index is 501. The highest BCUT2D eigenvalue weighted by Gasteiger charge is 2.14. The van der Waals surface area contributed by atoms with Crippen molar-refractivity contribution in [2.45, 2.75) is 6.92 Å². The van der Waals surface area contributed by atoms with Gasteiger partial charge in [-0.05, 0) is 18.6 Å². The molecular formula is C11H12N4O. The van der Waals surface area contributed by atoms with E-state index in [9.17, 15) is 4.79 Å². The van der Waals surface area contributed by atoms with Gasteiger partial charge in [0, 0.05) is 13.2 Å². The van der Waals surface area contributed by atoms with E-state index >= 15 is 0 Å². The normalized spacial score (nSPS) is 10.1. The molecule has 16 heavy (non-hydrogen) atoms. The molecule has 0 aliphatic rings. The first-order chi connectivity index (χ1) is 7.72. The third-order valence-corrected chi connectivity index (χ3v) is 2.28. The van der Waals surface area contributed by atoms with Gasteiger partial charge in [0.15, 0.2) is 0 Å². The number of aryl methyl sites for hydroxylation is 1. The van der Waals surface area contributed by atoms with E-state index in [0.717, 1.165) is 11.3 Å². The molecule has 0 saturated carbocycles. The Labute approximate surface area is 92.9 Å². The molecule has 0 saturated heterocycles. The molecule has 0 aliphatic carbocycles. The fraction of sp³-hybridized carbons (Fsp3) is 0.182. The van der Waals surface area contributed by atoms with Crippen molar-refractivity contribution < 1.29 is 4.79 Å². The van der Waals surface area contributed by atoms with Crippen LogP contribution in [0.1, 0.15) is 16.1 Å². The molecule has 0 fully saturated rings. The predicted octanol–water partition coefficient (Wildman–Crippen LogP) is 1.14. The van der Waals surface area contributed by atoms with Crippen LogP contribution in [0.15, 0.2) is 24.5 Å². The van der Waals surface area contributed by atoms with Crippen molar-refractivity contribution in [1.82, 2.24) is 20.5 Å². The lowest BCUT2D eigenvalue weighted by Crippen LogP contribution is -2.19. The summed E-state index contributed by atoms with van der Waals surface area (Å²) in [6.07, 6.45) is 3.36. The molecular weight excluding hydrogens is 204 g/mol. The van der Waals surface area contributed by atoms with Crippen LogP contribution in [-0.2, 0) is 0 Å². The Balaban J connectivity index is 2.44. The highest BCUT2D eigenvalue weighted by Crippen LogP contribution is 2.19. The SMILES string of the molecule is CNC(=O)c1[nH]ncc1-c1ccc(C)cn1. The lowest BCUT2D eigenvalue weighted by Gasteiger charge is -2.01. The molecule has 0 aliphatic heterocycles. The number of H-pyrrole nitrogens is 1. The zero-order valence-electron chi connectivity index (χ0n) is 9.11. The van der Waals surface area contributed by atoms with Gasteiger partial charge in [0.25, 0.3) is 5.91 Å². The Hall–Kier alpha value is -2.17. The number of aromatic amines is 1. The van der Waals surface area contributed by atoms with Crippen molar-refractivity contribution >= 4 is 5.91 Å². The van der Waals surface area contributed by atoms with Crippen molar-refractivity contribution in [3.8, 4) is 11.3 Å². The number of pyridine rings is 1. The number of hydrogen-bond donors (Lipinski definition) is 2. The zero-order valence-corrected chi connectivity index (χ0v) is 9.11. The summed E-state index contributed by atoms with van der Waals surface area (Å²) in [6, 6.07) is 3.82. The molecule has 2 aromatic heterocycles. The Morgan fingerprint density at radius 3 is 2.81 bits per heavy atom. The van der Waals surface area contributed by atoms with Crippen LogP contribution in [0.5, 0.6) is 0 Å². The second-order valence-corrected chi connectivity index (χ2v) is 3.46. The predicted molar refractivity (Wildman–Crippen MR) is 59.9 cm³/mol. The average molecular weight is 216 g/mol. The number of nitrogens with one attached hydrogen (secondary N) is 2. The van der Waals surface area contributed by atoms with E-state index in [-0.39, 0.29) is 5.91 Å². The average Bonchev–Trinajstić information content (AvgIpc) is 2.78. The summed E-state index contributed by atoms with van der Waals surface area (Å²) in [5.41, 5.74) is 2.95. The Morgan fingerprint density at radius 1 is 1.38 bits per heavy atom. The van der Waals surface area contributed by atoms with Crippen LogP contribution in [0.2, 0.25) is 0 Å². The highest BCUT2D eigenvalue weighted by atomic mass is 16.1. The summed E-state index contributed by atoms with van der Waals surface area (Å²) >= 11 is 0. The Morgan fingerprint density at radius 2 is 2.19 bits per heavy atom. The minimum atomic E-state index is -0.199. The van der Waals surface area contributed by atoms with E-state index in [1.807, 2.05) is 19.1 Å². The second-order valence-electron chi connectivity index (χ2n) is 3.46. The van der Waals surface area contributed by atoms with Gasteiger partial charge in [0.1, 0.15) is 5.69 Å². The van der Waals surface area contributed by atoms with Gasteiger partial charge < -0.3 is 5.32 Å². The largest absolute Gasteiger partial charge is 0.354 e. The van der Waals surface area contributed by atoms with Crippen LogP contribution in [0.4, 0.5) is 0 Å². The van der Waals surface area contributed by atoms with Crippen LogP contribution >= 0.6 is 0 Å². The lowest BCUT2D eigenvalue weighted by molar-refractivity contribution is 0.0959. The molecule has 0 bridgehead atoms. The smallest absolute Gasteiger partial charge is 0.269 e. The van der Waals surface area contributed by atoms with Gasteiger partial charge in [0.05, 0.1) is 17.5 Å². The first-order valence-corrected chi connectivity index (χ1v) is 4.91. The van der Waals surface area contributed by atoms with E-state index in [1.54, 1.807) is 19.4 Å². The van der Waals surface area contributed by atoms with E-state index in [2.05, 4.69) is 20.5 Å². The van der Waals surface area contributed by atoms with Crippen molar-refractivity contribution in [3.63, 3.8) is 0 Å². The van der Waals surface area contributed by atoms with Crippen LogP contribution in [0.3, 0.4) is 0 Å². The van der Waals surface area contributed by atoms with Crippen molar-refractivity contribution in [3.05, 3.63) is 35.8 Å². The van der Waals surface area contributed by atoms with Crippen LogP contribution in [-0.4, -0.2) is 28.1 Å². The van der Waals surface area contributed by atoms with Gasteiger partial charge in [-0.15, -0.1) is 0 Å². The van der Waals surface area contributed by atoms with Gasteiger partial charge in [-0.3, -0.25) is 14.9 Å². The van der Waals surface area contributed by atoms with Crippen LogP contribution in [0.25, 0.3) is 11.3 Å². The van der Waals surface area contributed by atoms with Crippen molar-refractivity contribution in [2.75, 3.05) is 7.05 Å². The van der Waals surface area contributed by atoms with Crippen LogP contribution < -0.4 is 5.32 Å². The summed E-state index contributed by atoms with van der Waals surface area (Å²) < 4.78 is 0. The van der Waals surface area contributed by atoms with Crippen molar-refractivity contribution in [1.29, 1.82) is 0 Å². The number of rotatable bonds is 2. The molecule has 0 unspecified atom stereocenters. The molecule has 0 aromatic carbocycles. The summed E-state index contributed by atoms with van der Waals surface area (Å²) in [5.74, 6) is -0.199. The Kier molecular flexibility index (Phi) is 2.68. The summed E-state index contributed by atoms with van der Waals surface area (Å²) in [6.45, 7) is 1.96. The molecule has 2 N–H and O–H groups in total. The monoisotopic (exact) mass is 216 g/mol. The van der Waals surface area contributed by atoms with Crippen molar-refractivity contribution in [2.24, 2.45) is 0 Å². The van der Waals surface area contributed by atoms with Gasteiger partial charge in [-0.1, -0.05) is 6.07 Å². The number of hydrogen-bond acceptors (Lipinski definition) is 3. The summed E-state index contributed by atoms with van der Waals surface area (Å²) in [4.78, 5) is 15.8. The lowest BCUT2D eigenvalue weighted by atomic mass is 10.1. The third-order valence-electron chi connectivity index (χ3n) is 2.28. The molecule has 2 heterocycles. The van der Waals surface area contributed by atoms with Gasteiger partial charge in [-0.2, -0.15) is 5.10 Å². The fourth-order valence-corrected chi connectivity index (χ4v) is 1.41. The van der Waals surface area contributed by atoms with E-state index < -0.39 is 0 Å². The summed E-state index contributed by atoms with van der Waals surface area (Å²) in [7, 11) is 1.58. The molecule has 0 atom stereocenters. The number of carbonyl (C=O) groups is 1. The molecule has 82 valence electrons. The number of aromatic nitrogens is 3.